The first-order valence-electron chi connectivity index (χ1n) is 7.40. The molecule has 108 valence electrons. The van der Waals surface area contributed by atoms with Gasteiger partial charge < -0.3 is 11.1 Å². The largest absolute Gasteiger partial charge is 0.325 e. The maximum Gasteiger partial charge on any atom is 0.231 e. The van der Waals surface area contributed by atoms with Gasteiger partial charge in [-0.05, 0) is 35.6 Å². The lowest BCUT2D eigenvalue weighted by Crippen LogP contribution is -2.12. The van der Waals surface area contributed by atoms with Crippen LogP contribution in [0.4, 0.5) is 5.69 Å². The van der Waals surface area contributed by atoms with E-state index >= 15 is 0 Å². The minimum Gasteiger partial charge on any atom is -0.325 e. The number of carbonyl (C=O) groups excluding carboxylic acids is 1. The van der Waals surface area contributed by atoms with Gasteiger partial charge in [0.25, 0.3) is 0 Å². The van der Waals surface area contributed by atoms with Crippen LogP contribution in [0.3, 0.4) is 0 Å². The van der Waals surface area contributed by atoms with Crippen LogP contribution in [-0.2, 0) is 11.2 Å². The molecule has 1 amide bonds. The molecule has 2 unspecified atom stereocenters. The summed E-state index contributed by atoms with van der Waals surface area (Å²) in [6.45, 7) is 4.04. The average Bonchev–Trinajstić information content (AvgIpc) is 2.82. The molecule has 3 rings (SSSR count). The first-order valence-corrected chi connectivity index (χ1v) is 7.40. The molecule has 2 atom stereocenters. The van der Waals surface area contributed by atoms with Gasteiger partial charge in [0.1, 0.15) is 0 Å². The first-order chi connectivity index (χ1) is 10.1. The molecule has 2 aromatic carbocycles. The van der Waals surface area contributed by atoms with Crippen LogP contribution in [0.1, 0.15) is 48.1 Å². The van der Waals surface area contributed by atoms with E-state index in [1.54, 1.807) is 0 Å². The van der Waals surface area contributed by atoms with Crippen molar-refractivity contribution in [3.63, 3.8) is 0 Å². The van der Waals surface area contributed by atoms with E-state index in [0.717, 1.165) is 34.4 Å². The quantitative estimate of drug-likeness (QED) is 0.906. The summed E-state index contributed by atoms with van der Waals surface area (Å²) in [5.41, 5.74) is 11.8. The van der Waals surface area contributed by atoms with Crippen LogP contribution in [0.25, 0.3) is 0 Å². The second-order valence-corrected chi connectivity index (χ2v) is 5.60. The monoisotopic (exact) mass is 280 g/mol. The van der Waals surface area contributed by atoms with E-state index in [1.807, 2.05) is 37.3 Å². The number of rotatable bonds is 3. The van der Waals surface area contributed by atoms with Crippen molar-refractivity contribution in [3.05, 3.63) is 64.7 Å². The number of carbonyl (C=O) groups is 1. The van der Waals surface area contributed by atoms with Crippen molar-refractivity contribution in [2.75, 3.05) is 5.32 Å². The van der Waals surface area contributed by atoms with Crippen LogP contribution in [0, 0.1) is 0 Å². The lowest BCUT2D eigenvalue weighted by atomic mass is 9.91. The molecule has 3 N–H and O–H groups in total. The van der Waals surface area contributed by atoms with Crippen molar-refractivity contribution in [2.24, 2.45) is 5.73 Å². The van der Waals surface area contributed by atoms with Gasteiger partial charge in [-0.2, -0.15) is 0 Å². The van der Waals surface area contributed by atoms with E-state index < -0.39 is 0 Å². The lowest BCUT2D eigenvalue weighted by molar-refractivity contribution is -0.116. The van der Waals surface area contributed by atoms with Gasteiger partial charge in [0.05, 0.1) is 12.0 Å². The Bertz CT molecular complexity index is 679. The number of hydrogen-bond donors (Lipinski definition) is 2. The highest BCUT2D eigenvalue weighted by molar-refractivity contribution is 6.03. The minimum atomic E-state index is -0.162. The van der Waals surface area contributed by atoms with Crippen molar-refractivity contribution in [1.29, 1.82) is 0 Å². The van der Waals surface area contributed by atoms with Gasteiger partial charge in [-0.3, -0.25) is 4.79 Å². The van der Waals surface area contributed by atoms with E-state index in [1.165, 1.54) is 0 Å². The number of nitrogens with one attached hydrogen (secondary N) is 1. The fourth-order valence-electron chi connectivity index (χ4n) is 2.93. The highest BCUT2D eigenvalue weighted by Gasteiger charge is 2.29. The molecule has 1 aliphatic heterocycles. The number of anilines is 1. The van der Waals surface area contributed by atoms with Gasteiger partial charge in [0.15, 0.2) is 0 Å². The summed E-state index contributed by atoms with van der Waals surface area (Å²) in [6.07, 6.45) is 0.880. The Hall–Kier alpha value is -2.13. The van der Waals surface area contributed by atoms with Crippen molar-refractivity contribution < 1.29 is 4.79 Å². The molecule has 0 saturated heterocycles. The van der Waals surface area contributed by atoms with Gasteiger partial charge >= 0.3 is 0 Å². The third-order valence-electron chi connectivity index (χ3n) is 4.28. The summed E-state index contributed by atoms with van der Waals surface area (Å²) in [6, 6.07) is 14.1. The highest BCUT2D eigenvalue weighted by Crippen LogP contribution is 2.38. The number of nitrogens with two attached hydrogens (primary N) is 1. The number of hydrogen-bond acceptors (Lipinski definition) is 2. The zero-order valence-corrected chi connectivity index (χ0v) is 12.4. The SMILES string of the molecule is CCc1cc(C(N)c2ccccc2)cc2c1NC(=O)C2C. The Labute approximate surface area is 125 Å². The molecule has 0 aliphatic carbocycles. The zero-order chi connectivity index (χ0) is 15.0. The van der Waals surface area contributed by atoms with Crippen LogP contribution in [-0.4, -0.2) is 5.91 Å². The van der Waals surface area contributed by atoms with E-state index in [2.05, 4.69) is 24.4 Å². The van der Waals surface area contributed by atoms with Gasteiger partial charge in [-0.15, -0.1) is 0 Å². The van der Waals surface area contributed by atoms with Gasteiger partial charge in [0.2, 0.25) is 5.91 Å². The molecular weight excluding hydrogens is 260 g/mol. The molecule has 0 fully saturated rings. The highest BCUT2D eigenvalue weighted by atomic mass is 16.2. The van der Waals surface area contributed by atoms with Crippen LogP contribution in [0.2, 0.25) is 0 Å². The molecule has 3 heteroatoms. The Morgan fingerprint density at radius 1 is 1.19 bits per heavy atom. The summed E-state index contributed by atoms with van der Waals surface area (Å²) in [5, 5.41) is 2.99. The summed E-state index contributed by atoms with van der Waals surface area (Å²) in [5.74, 6) is -0.0293. The van der Waals surface area contributed by atoms with Gasteiger partial charge in [0, 0.05) is 5.69 Å². The van der Waals surface area contributed by atoms with Gasteiger partial charge in [-0.25, -0.2) is 0 Å². The van der Waals surface area contributed by atoms with E-state index in [4.69, 9.17) is 5.73 Å². The van der Waals surface area contributed by atoms with E-state index in [-0.39, 0.29) is 17.9 Å². The fourth-order valence-corrected chi connectivity index (χ4v) is 2.93. The van der Waals surface area contributed by atoms with Crippen LogP contribution in [0.5, 0.6) is 0 Å². The van der Waals surface area contributed by atoms with Crippen LogP contribution in [0.15, 0.2) is 42.5 Å². The van der Waals surface area contributed by atoms with Gasteiger partial charge in [-0.1, -0.05) is 49.4 Å². The molecule has 1 heterocycles. The lowest BCUT2D eigenvalue weighted by Gasteiger charge is -2.17. The predicted molar refractivity (Wildman–Crippen MR) is 85.3 cm³/mol. The standard InChI is InChI=1S/C18H20N2O/c1-3-12-9-14(16(19)13-7-5-4-6-8-13)10-15-11(2)18(21)20-17(12)15/h4-11,16H,3,19H2,1-2H3,(H,20,21). The summed E-state index contributed by atoms with van der Waals surface area (Å²) in [4.78, 5) is 11.9. The second-order valence-electron chi connectivity index (χ2n) is 5.60. The average molecular weight is 280 g/mol. The Balaban J connectivity index is 2.07. The number of amides is 1. The second kappa shape index (κ2) is 5.34. The number of aryl methyl sites for hydroxylation is 1. The smallest absolute Gasteiger partial charge is 0.231 e. The predicted octanol–water partition coefficient (Wildman–Crippen LogP) is 3.35. The molecule has 0 saturated carbocycles. The van der Waals surface area contributed by atoms with Crippen molar-refractivity contribution in [3.8, 4) is 0 Å². The molecular formula is C18H20N2O. The Morgan fingerprint density at radius 2 is 1.90 bits per heavy atom. The van der Waals surface area contributed by atoms with E-state index in [0.29, 0.717) is 0 Å². The third kappa shape index (κ3) is 2.34. The molecule has 2 aromatic rings. The summed E-state index contributed by atoms with van der Waals surface area (Å²) >= 11 is 0. The Kier molecular flexibility index (Phi) is 3.52. The minimum absolute atomic E-state index is 0.0742. The normalized spacial score (nSPS) is 18.2. The molecule has 0 bridgehead atoms. The zero-order valence-electron chi connectivity index (χ0n) is 12.4. The van der Waals surface area contributed by atoms with Crippen LogP contribution < -0.4 is 11.1 Å². The molecule has 3 nitrogen and oxygen atoms in total. The summed E-state index contributed by atoms with van der Waals surface area (Å²) < 4.78 is 0. The first kappa shape index (κ1) is 13.8. The molecule has 1 aliphatic rings. The van der Waals surface area contributed by atoms with Crippen molar-refractivity contribution >= 4 is 11.6 Å². The fraction of sp³-hybridized carbons (Fsp3) is 0.278. The molecule has 0 aromatic heterocycles. The van der Waals surface area contributed by atoms with Crippen LogP contribution >= 0.6 is 0 Å². The number of benzene rings is 2. The maximum absolute atomic E-state index is 11.9. The van der Waals surface area contributed by atoms with Crippen molar-refractivity contribution in [2.45, 2.75) is 32.2 Å². The maximum atomic E-state index is 11.9. The molecule has 0 radical (unpaired) electrons. The molecule has 0 spiro atoms. The third-order valence-corrected chi connectivity index (χ3v) is 4.28. The van der Waals surface area contributed by atoms with E-state index in [9.17, 15) is 4.79 Å². The molecule has 21 heavy (non-hydrogen) atoms. The number of fused-ring (bicyclic) bond motifs is 1. The topological polar surface area (TPSA) is 55.1 Å². The van der Waals surface area contributed by atoms with Crippen molar-refractivity contribution in [1.82, 2.24) is 0 Å². The Morgan fingerprint density at radius 3 is 2.57 bits per heavy atom. The summed E-state index contributed by atoms with van der Waals surface area (Å²) in [7, 11) is 0.